The van der Waals surface area contributed by atoms with Gasteiger partial charge < -0.3 is 15.3 Å². The van der Waals surface area contributed by atoms with Gasteiger partial charge in [-0.05, 0) is 91.8 Å². The van der Waals surface area contributed by atoms with Crippen molar-refractivity contribution in [1.29, 1.82) is 0 Å². The summed E-state index contributed by atoms with van der Waals surface area (Å²) in [4.78, 5) is 0. The van der Waals surface area contributed by atoms with Gasteiger partial charge in [0.1, 0.15) is 6.10 Å². The molecular formula is C27H48O11S2. The standard InChI is InChI=1S/C27H48O11S2/c1-15(2)6-5-7-16(14-37-39(31,32)33)18-10-11-19-17-8-9-20-23(28)21(38-40(34,35)36)12-13-26(20,3)22(17)24(29)25(30)27(18,19)4/h15-25,28-30H,5-14H2,1-4H3,(H,31,32,33)(H,34,35,36)/t16-,17?,18+,19?,20?,21+,22?,23-,24+,25+,26-,27+/m0/s1. The molecule has 0 saturated heterocycles. The number of rotatable bonds is 10. The first-order valence-electron chi connectivity index (χ1n) is 14.7. The first-order valence-corrected chi connectivity index (χ1v) is 17.4. The molecule has 0 bridgehead atoms. The Morgan fingerprint density at radius 1 is 0.850 bits per heavy atom. The lowest BCUT2D eigenvalue weighted by Crippen LogP contribution is -2.67. The van der Waals surface area contributed by atoms with Crippen LogP contribution in [0.2, 0.25) is 0 Å². The van der Waals surface area contributed by atoms with E-state index in [0.717, 1.165) is 25.7 Å². The van der Waals surface area contributed by atoms with Crippen LogP contribution in [0.5, 0.6) is 0 Å². The fourth-order valence-electron chi connectivity index (χ4n) is 9.81. The zero-order valence-corrected chi connectivity index (χ0v) is 25.6. The summed E-state index contributed by atoms with van der Waals surface area (Å²) < 4.78 is 73.8. The third-order valence-corrected chi connectivity index (χ3v) is 12.4. The molecule has 5 N–H and O–H groups in total. The second-order valence-electron chi connectivity index (χ2n) is 13.9. The molecule has 0 radical (unpaired) electrons. The van der Waals surface area contributed by atoms with E-state index >= 15 is 0 Å². The van der Waals surface area contributed by atoms with E-state index in [0.29, 0.717) is 31.6 Å². The summed E-state index contributed by atoms with van der Waals surface area (Å²) in [7, 11) is -9.35. The SMILES string of the molecule is CC(C)CCC[C@@H](COS(=O)(=O)O)[C@H]1CCC2C3CCC4[C@H](O)[C@H](OS(=O)(=O)O)CC[C@]4(C)C3[C@@H](O)[C@@H](O)[C@@]21C. The van der Waals surface area contributed by atoms with Gasteiger partial charge in [0.2, 0.25) is 0 Å². The Balaban J connectivity index is 1.60. The van der Waals surface area contributed by atoms with Crippen LogP contribution >= 0.6 is 0 Å². The second-order valence-corrected chi connectivity index (χ2v) is 16.0. The summed E-state index contributed by atoms with van der Waals surface area (Å²) >= 11 is 0. The zero-order chi connectivity index (χ0) is 29.8. The van der Waals surface area contributed by atoms with Crippen molar-refractivity contribution in [2.75, 3.05) is 6.61 Å². The van der Waals surface area contributed by atoms with E-state index in [1.807, 2.05) is 13.8 Å². The van der Waals surface area contributed by atoms with Gasteiger partial charge in [-0.3, -0.25) is 9.11 Å². The highest BCUT2D eigenvalue weighted by Gasteiger charge is 2.68. The van der Waals surface area contributed by atoms with E-state index in [9.17, 15) is 41.3 Å². The molecule has 4 aliphatic carbocycles. The van der Waals surface area contributed by atoms with Crippen LogP contribution in [0.3, 0.4) is 0 Å². The maximum Gasteiger partial charge on any atom is 0.397 e. The Labute approximate surface area is 238 Å². The van der Waals surface area contributed by atoms with Crippen molar-refractivity contribution in [2.24, 2.45) is 52.3 Å². The van der Waals surface area contributed by atoms with Crippen molar-refractivity contribution in [2.45, 2.75) is 110 Å². The van der Waals surface area contributed by atoms with Crippen LogP contribution in [-0.2, 0) is 29.2 Å². The largest absolute Gasteiger partial charge is 0.397 e. The summed E-state index contributed by atoms with van der Waals surface area (Å²) in [5, 5.41) is 34.7. The molecule has 4 saturated carbocycles. The topological polar surface area (TPSA) is 188 Å². The monoisotopic (exact) mass is 612 g/mol. The number of aliphatic hydroxyl groups is 3. The van der Waals surface area contributed by atoms with Crippen molar-refractivity contribution in [3.63, 3.8) is 0 Å². The molecule has 4 rings (SSSR count). The maximum absolute atomic E-state index is 11.8. The fourth-order valence-corrected chi connectivity index (χ4v) is 10.7. The number of hydrogen-bond donors (Lipinski definition) is 5. The highest BCUT2D eigenvalue weighted by atomic mass is 32.3. The Morgan fingerprint density at radius 2 is 1.50 bits per heavy atom. The summed E-state index contributed by atoms with van der Waals surface area (Å²) in [6, 6.07) is 0. The normalized spacial score (nSPS) is 44.6. The summed E-state index contributed by atoms with van der Waals surface area (Å²) in [6.07, 6.45) is 1.56. The summed E-state index contributed by atoms with van der Waals surface area (Å²) in [6.45, 7) is 8.06. The van der Waals surface area contributed by atoms with Crippen LogP contribution in [0.4, 0.5) is 0 Å². The first kappa shape index (κ1) is 32.5. The van der Waals surface area contributed by atoms with Gasteiger partial charge in [-0.15, -0.1) is 0 Å². The molecule has 0 spiro atoms. The van der Waals surface area contributed by atoms with Gasteiger partial charge in [-0.25, -0.2) is 8.37 Å². The lowest BCUT2D eigenvalue weighted by atomic mass is 9.42. The van der Waals surface area contributed by atoms with E-state index in [1.54, 1.807) is 0 Å². The van der Waals surface area contributed by atoms with Crippen molar-refractivity contribution in [1.82, 2.24) is 0 Å². The smallest absolute Gasteiger partial charge is 0.390 e. The van der Waals surface area contributed by atoms with Crippen LogP contribution in [0.1, 0.15) is 85.5 Å². The Hall–Kier alpha value is -0.380. The summed E-state index contributed by atoms with van der Waals surface area (Å²) in [5.41, 5.74) is -1.27. The molecule has 12 atom stereocenters. The fraction of sp³-hybridized carbons (Fsp3) is 1.00. The quantitative estimate of drug-likeness (QED) is 0.228. The molecule has 0 aromatic rings. The molecule has 40 heavy (non-hydrogen) atoms. The highest BCUT2D eigenvalue weighted by Crippen LogP contribution is 2.68. The molecule has 4 fully saturated rings. The Morgan fingerprint density at radius 3 is 2.10 bits per heavy atom. The van der Waals surface area contributed by atoms with Crippen LogP contribution in [0, 0.1) is 52.3 Å². The zero-order valence-electron chi connectivity index (χ0n) is 23.9. The molecule has 0 aromatic carbocycles. The van der Waals surface area contributed by atoms with Crippen molar-refractivity contribution >= 4 is 20.8 Å². The molecule has 0 heterocycles. The van der Waals surface area contributed by atoms with Crippen LogP contribution in [-0.4, -0.2) is 72.3 Å². The lowest BCUT2D eigenvalue weighted by Gasteiger charge is -2.64. The lowest BCUT2D eigenvalue weighted by molar-refractivity contribution is -0.244. The minimum Gasteiger partial charge on any atom is -0.390 e. The average Bonchev–Trinajstić information content (AvgIpc) is 3.18. The molecule has 13 heteroatoms. The number of hydrogen-bond acceptors (Lipinski definition) is 9. The van der Waals surface area contributed by atoms with E-state index in [4.69, 9.17) is 8.37 Å². The van der Waals surface area contributed by atoms with E-state index in [-0.39, 0.29) is 48.5 Å². The minimum absolute atomic E-state index is 0.0553. The number of fused-ring (bicyclic) bond motifs is 5. The minimum atomic E-state index is -4.73. The molecule has 4 unspecified atom stereocenters. The van der Waals surface area contributed by atoms with Gasteiger partial charge in [0.25, 0.3) is 0 Å². The highest BCUT2D eigenvalue weighted by molar-refractivity contribution is 7.81. The van der Waals surface area contributed by atoms with Gasteiger partial charge >= 0.3 is 20.8 Å². The third-order valence-electron chi connectivity index (χ3n) is 11.5. The molecule has 4 aliphatic rings. The Kier molecular flexibility index (Phi) is 9.44. The molecule has 0 aliphatic heterocycles. The van der Waals surface area contributed by atoms with Crippen LogP contribution < -0.4 is 0 Å². The molecule has 11 nitrogen and oxygen atoms in total. The number of aliphatic hydroxyl groups excluding tert-OH is 3. The van der Waals surface area contributed by atoms with Crippen molar-refractivity contribution < 1.29 is 49.6 Å². The maximum atomic E-state index is 11.8. The first-order chi connectivity index (χ1) is 18.4. The molecule has 0 amide bonds. The summed E-state index contributed by atoms with van der Waals surface area (Å²) in [5.74, 6) is -0.455. The second kappa shape index (κ2) is 11.6. The molecule has 0 aromatic heterocycles. The third kappa shape index (κ3) is 6.14. The van der Waals surface area contributed by atoms with Crippen LogP contribution in [0.25, 0.3) is 0 Å². The van der Waals surface area contributed by atoms with Gasteiger partial charge in [-0.1, -0.05) is 40.5 Å². The van der Waals surface area contributed by atoms with Gasteiger partial charge in [0.15, 0.2) is 0 Å². The average molecular weight is 613 g/mol. The molecule has 234 valence electrons. The van der Waals surface area contributed by atoms with E-state index in [2.05, 4.69) is 13.8 Å². The predicted molar refractivity (Wildman–Crippen MR) is 145 cm³/mol. The van der Waals surface area contributed by atoms with E-state index < -0.39 is 56.0 Å². The van der Waals surface area contributed by atoms with Crippen molar-refractivity contribution in [3.05, 3.63) is 0 Å². The Bertz CT molecular complexity index is 1110. The predicted octanol–water partition coefficient (Wildman–Crippen LogP) is 3.01. The van der Waals surface area contributed by atoms with Gasteiger partial charge in [0.05, 0.1) is 24.9 Å². The van der Waals surface area contributed by atoms with Gasteiger partial charge in [0, 0.05) is 5.41 Å². The van der Waals surface area contributed by atoms with E-state index in [1.165, 1.54) is 0 Å². The van der Waals surface area contributed by atoms with Crippen molar-refractivity contribution in [3.8, 4) is 0 Å². The molecular weight excluding hydrogens is 564 g/mol. The van der Waals surface area contributed by atoms with Crippen LogP contribution in [0.15, 0.2) is 0 Å². The van der Waals surface area contributed by atoms with Gasteiger partial charge in [-0.2, -0.15) is 16.8 Å².